The lowest BCUT2D eigenvalue weighted by atomic mass is 9.97. The third-order valence-corrected chi connectivity index (χ3v) is 11.3. The molecule has 3 unspecified atom stereocenters. The molecule has 1 heterocycles. The fourth-order valence-corrected chi connectivity index (χ4v) is 7.36. The van der Waals surface area contributed by atoms with E-state index in [2.05, 4.69) is 5.32 Å². The maximum absolute atomic E-state index is 14.7. The maximum Gasteiger partial charge on any atom is 0.329 e. The lowest BCUT2D eigenvalue weighted by Crippen LogP contribution is -2.62. The van der Waals surface area contributed by atoms with Crippen LogP contribution in [0.3, 0.4) is 0 Å². The lowest BCUT2D eigenvalue weighted by molar-refractivity contribution is -0.163. The van der Waals surface area contributed by atoms with Crippen molar-refractivity contribution in [1.82, 2.24) is 24.9 Å². The molecule has 0 aliphatic carbocycles. The third-order valence-electron chi connectivity index (χ3n) is 11.3. The summed E-state index contributed by atoms with van der Waals surface area (Å²) in [7, 11) is 6.04. The van der Waals surface area contributed by atoms with Crippen LogP contribution in [0.1, 0.15) is 84.8 Å². The normalized spacial score (nSPS) is 26.9. The van der Waals surface area contributed by atoms with E-state index in [-0.39, 0.29) is 42.9 Å². The Hall–Kier alpha value is -5.04. The zero-order valence-corrected chi connectivity index (χ0v) is 36.7. The second kappa shape index (κ2) is 22.9. The molecule has 0 aromatic heterocycles. The van der Waals surface area contributed by atoms with Crippen molar-refractivity contribution in [2.75, 3.05) is 28.2 Å². The smallest absolute Gasteiger partial charge is 0.329 e. The number of esters is 1. The first-order valence-corrected chi connectivity index (χ1v) is 20.9. The second-order valence-corrected chi connectivity index (χ2v) is 16.6. The number of aliphatic hydroxyl groups excluding tert-OH is 1. The van der Waals surface area contributed by atoms with Crippen LogP contribution in [-0.4, -0.2) is 125 Å². The number of carbonyl (C=O) groups is 6. The number of allylic oxidation sites excluding steroid dienone is 1. The van der Waals surface area contributed by atoms with Crippen molar-refractivity contribution >= 4 is 35.5 Å². The molecule has 8 atom stereocenters. The number of ether oxygens (including phenoxy) is 1. The first-order chi connectivity index (χ1) is 27.9. The van der Waals surface area contributed by atoms with Gasteiger partial charge in [0.25, 0.3) is 0 Å². The van der Waals surface area contributed by atoms with Crippen molar-refractivity contribution in [3.63, 3.8) is 0 Å². The van der Waals surface area contributed by atoms with Gasteiger partial charge < -0.3 is 34.8 Å². The summed E-state index contributed by atoms with van der Waals surface area (Å²) in [6, 6.07) is 13.6. The number of amides is 5. The second-order valence-electron chi connectivity index (χ2n) is 16.6. The molecule has 1 aliphatic heterocycles. The third kappa shape index (κ3) is 13.8. The van der Waals surface area contributed by atoms with Crippen LogP contribution in [0, 0.1) is 17.8 Å². The largest absolute Gasteiger partial charge is 0.461 e. The van der Waals surface area contributed by atoms with Crippen molar-refractivity contribution in [2.24, 2.45) is 17.8 Å². The van der Waals surface area contributed by atoms with E-state index >= 15 is 0 Å². The molecule has 0 fully saturated rings. The predicted molar refractivity (Wildman–Crippen MR) is 227 cm³/mol. The molecule has 0 saturated carbocycles. The average Bonchev–Trinajstić information content (AvgIpc) is 3.20. The number of aliphatic hydroxyl groups is 1. The van der Waals surface area contributed by atoms with Crippen LogP contribution < -0.4 is 5.32 Å². The van der Waals surface area contributed by atoms with Gasteiger partial charge in [0.15, 0.2) is 0 Å². The molecular weight excluding hydrogens is 751 g/mol. The van der Waals surface area contributed by atoms with Crippen LogP contribution >= 0.6 is 0 Å². The van der Waals surface area contributed by atoms with Crippen LogP contribution in [0.25, 0.3) is 0 Å². The molecule has 0 spiro atoms. The van der Waals surface area contributed by atoms with E-state index in [0.717, 1.165) is 16.0 Å². The molecule has 0 bridgehead atoms. The first kappa shape index (κ1) is 48.3. The molecule has 13 heteroatoms. The minimum Gasteiger partial charge on any atom is -0.461 e. The molecule has 2 aromatic carbocycles. The Bertz CT molecular complexity index is 1730. The summed E-state index contributed by atoms with van der Waals surface area (Å²) in [5.74, 6) is -3.83. The lowest BCUT2D eigenvalue weighted by Gasteiger charge is -2.39. The van der Waals surface area contributed by atoms with Gasteiger partial charge >= 0.3 is 5.97 Å². The van der Waals surface area contributed by atoms with E-state index in [4.69, 9.17) is 4.74 Å². The summed E-state index contributed by atoms with van der Waals surface area (Å²) in [5.41, 5.74) is 1.52. The molecule has 3 rings (SSSR count). The molecule has 2 N–H and O–H groups in total. The number of nitrogens with zero attached hydrogens (tertiary/aromatic N) is 4. The van der Waals surface area contributed by atoms with E-state index in [9.17, 15) is 33.9 Å². The van der Waals surface area contributed by atoms with Crippen LogP contribution in [0.5, 0.6) is 0 Å². The van der Waals surface area contributed by atoms with Gasteiger partial charge in [0.05, 0.1) is 6.10 Å². The van der Waals surface area contributed by atoms with Gasteiger partial charge in [-0.15, -0.1) is 0 Å². The number of nitrogens with one attached hydrogen (secondary N) is 1. The van der Waals surface area contributed by atoms with Crippen molar-refractivity contribution in [1.29, 1.82) is 0 Å². The minimum absolute atomic E-state index is 0.0844. The molecule has 59 heavy (non-hydrogen) atoms. The average molecular weight is 818 g/mol. The molecule has 324 valence electrons. The Morgan fingerprint density at radius 2 is 1.31 bits per heavy atom. The van der Waals surface area contributed by atoms with Crippen LogP contribution in [0.4, 0.5) is 0 Å². The Balaban J connectivity index is 2.13. The van der Waals surface area contributed by atoms with E-state index in [1.807, 2.05) is 94.4 Å². The fourth-order valence-electron chi connectivity index (χ4n) is 7.36. The summed E-state index contributed by atoms with van der Waals surface area (Å²) in [6.07, 6.45) is 3.85. The van der Waals surface area contributed by atoms with Crippen LogP contribution in [-0.2, 0) is 46.3 Å². The zero-order chi connectivity index (χ0) is 44.0. The van der Waals surface area contributed by atoms with Crippen molar-refractivity contribution in [3.8, 4) is 0 Å². The maximum atomic E-state index is 14.7. The molecule has 2 aromatic rings. The van der Waals surface area contributed by atoms with Gasteiger partial charge in [-0.2, -0.15) is 0 Å². The summed E-state index contributed by atoms with van der Waals surface area (Å²) < 4.78 is 6.09. The first-order valence-electron chi connectivity index (χ1n) is 20.9. The van der Waals surface area contributed by atoms with Crippen LogP contribution in [0.15, 0.2) is 72.9 Å². The SMILES string of the molecule is CCC1CC(C)CC(=O)N(C)/C=C/CCC(C)C(=O)N[C@@H](C(C)C)C(=O)N(C)[C@@H](Cc2ccccc2)C(=O)N(C)[C@@H]([C@@H](C)O)C(=O)N(C)[C@@H](Cc2ccccc2)C(=O)O1. The molecule has 0 saturated heterocycles. The number of hydrogen-bond donors (Lipinski definition) is 2. The topological polar surface area (TPSA) is 157 Å². The highest BCUT2D eigenvalue weighted by molar-refractivity contribution is 5.95. The van der Waals surface area contributed by atoms with Gasteiger partial charge in [0, 0.05) is 59.6 Å². The van der Waals surface area contributed by atoms with E-state index in [0.29, 0.717) is 25.7 Å². The highest BCUT2D eigenvalue weighted by Crippen LogP contribution is 2.22. The molecule has 13 nitrogen and oxygen atoms in total. The monoisotopic (exact) mass is 817 g/mol. The van der Waals surface area contributed by atoms with Gasteiger partial charge in [0.2, 0.25) is 29.5 Å². The zero-order valence-electron chi connectivity index (χ0n) is 36.7. The number of rotatable bonds is 7. The molecule has 1 aliphatic rings. The van der Waals surface area contributed by atoms with Crippen LogP contribution in [0.2, 0.25) is 0 Å². The summed E-state index contributed by atoms with van der Waals surface area (Å²) in [6.45, 7) is 10.6. The number of cyclic esters (lactones) is 1. The summed E-state index contributed by atoms with van der Waals surface area (Å²) >= 11 is 0. The standard InChI is InChI=1S/C46H67N5O8/c1-11-36-26-31(4)27-39(53)48(7)25-19-18-20-32(5)42(54)47-40(30(2)3)44(56)49(8)37(28-34-21-14-12-15-22-34)43(55)51(10)41(33(6)52)45(57)50(9)38(46(58)59-36)29-35-23-16-13-17-24-35/h12-17,19,21-25,30-33,36-38,40-41,52H,11,18,20,26-29H2,1-10H3,(H,47,54)/b25-19+/t31?,32?,33-,36?,37+,38+,40+,41+/m1/s1. The Morgan fingerprint density at radius 1 is 0.763 bits per heavy atom. The number of hydrogen-bond acceptors (Lipinski definition) is 8. The minimum atomic E-state index is -1.45. The van der Waals surface area contributed by atoms with Gasteiger partial charge in [-0.25, -0.2) is 4.79 Å². The molecule has 0 radical (unpaired) electrons. The molecule has 5 amide bonds. The van der Waals surface area contributed by atoms with Gasteiger partial charge in [-0.05, 0) is 55.6 Å². The van der Waals surface area contributed by atoms with E-state index in [1.54, 1.807) is 20.2 Å². The number of likely N-dealkylation sites (N-methyl/N-ethyl adjacent to an activating group) is 3. The Labute approximate surface area is 351 Å². The highest BCUT2D eigenvalue weighted by Gasteiger charge is 2.42. The van der Waals surface area contributed by atoms with E-state index < -0.39 is 66.0 Å². The Morgan fingerprint density at radius 3 is 1.83 bits per heavy atom. The highest BCUT2D eigenvalue weighted by atomic mass is 16.5. The Kier molecular flexibility index (Phi) is 18.8. The van der Waals surface area contributed by atoms with Crippen molar-refractivity contribution < 1.29 is 38.6 Å². The van der Waals surface area contributed by atoms with Crippen molar-refractivity contribution in [2.45, 2.75) is 123 Å². The fraction of sp³-hybridized carbons (Fsp3) is 0.565. The number of benzene rings is 2. The summed E-state index contributed by atoms with van der Waals surface area (Å²) in [4.78, 5) is 89.8. The van der Waals surface area contributed by atoms with Crippen molar-refractivity contribution in [3.05, 3.63) is 84.1 Å². The quantitative estimate of drug-likeness (QED) is 0.384. The van der Waals surface area contributed by atoms with E-state index in [1.165, 1.54) is 42.8 Å². The predicted octanol–water partition coefficient (Wildman–Crippen LogP) is 4.61. The van der Waals surface area contributed by atoms with Gasteiger partial charge in [0.1, 0.15) is 30.3 Å². The van der Waals surface area contributed by atoms with Gasteiger partial charge in [-0.3, -0.25) is 24.0 Å². The number of carbonyl (C=O) groups excluding carboxylic acids is 6. The molecular formula is C46H67N5O8. The van der Waals surface area contributed by atoms with Gasteiger partial charge in [-0.1, -0.05) is 101 Å². The summed E-state index contributed by atoms with van der Waals surface area (Å²) in [5, 5.41) is 14.1.